The van der Waals surface area contributed by atoms with E-state index in [0.29, 0.717) is 5.41 Å². The number of hydrogen-bond acceptors (Lipinski definition) is 2. The molecule has 1 N–H and O–H groups in total. The van der Waals surface area contributed by atoms with Gasteiger partial charge in [0, 0.05) is 19.3 Å². The predicted molar refractivity (Wildman–Crippen MR) is 47.4 cm³/mol. The van der Waals surface area contributed by atoms with Crippen molar-refractivity contribution in [2.45, 2.75) is 25.7 Å². The minimum atomic E-state index is -0.808. The molecule has 3 nitrogen and oxygen atoms in total. The van der Waals surface area contributed by atoms with Gasteiger partial charge in [-0.15, -0.1) is 0 Å². The van der Waals surface area contributed by atoms with Crippen LogP contribution < -0.4 is 0 Å². The molecule has 2 rings (SSSR count). The van der Waals surface area contributed by atoms with Gasteiger partial charge in [0.15, 0.2) is 0 Å². The van der Waals surface area contributed by atoms with E-state index in [1.165, 1.54) is 6.08 Å². The highest BCUT2D eigenvalue weighted by Crippen LogP contribution is 2.51. The number of carbonyl (C=O) groups is 1. The largest absolute Gasteiger partial charge is 0.478 e. The first-order chi connectivity index (χ1) is 6.20. The summed E-state index contributed by atoms with van der Waals surface area (Å²) < 4.78 is 5.28. The number of carboxylic acids is 1. The molecule has 3 heteroatoms. The average molecular weight is 182 g/mol. The van der Waals surface area contributed by atoms with Gasteiger partial charge in [-0.3, -0.25) is 0 Å². The van der Waals surface area contributed by atoms with Crippen LogP contribution in [0, 0.1) is 5.41 Å². The van der Waals surface area contributed by atoms with Gasteiger partial charge in [0.05, 0.1) is 0 Å². The van der Waals surface area contributed by atoms with E-state index in [-0.39, 0.29) is 0 Å². The van der Waals surface area contributed by atoms with Crippen LogP contribution in [-0.4, -0.2) is 24.3 Å². The molecule has 2 aliphatic rings. The van der Waals surface area contributed by atoms with Crippen molar-refractivity contribution in [1.29, 1.82) is 0 Å². The van der Waals surface area contributed by atoms with E-state index in [2.05, 4.69) is 0 Å². The second-order valence-corrected chi connectivity index (χ2v) is 4.11. The van der Waals surface area contributed by atoms with Crippen LogP contribution in [0.3, 0.4) is 0 Å². The lowest BCUT2D eigenvalue weighted by molar-refractivity contribution is -0.131. The van der Waals surface area contributed by atoms with Crippen LogP contribution in [-0.2, 0) is 9.53 Å². The van der Waals surface area contributed by atoms with Crippen molar-refractivity contribution in [2.24, 2.45) is 5.41 Å². The molecule has 1 spiro atoms. The Bertz CT molecular complexity index is 239. The third-order valence-electron chi connectivity index (χ3n) is 3.09. The van der Waals surface area contributed by atoms with Crippen LogP contribution in [0.5, 0.6) is 0 Å². The van der Waals surface area contributed by atoms with E-state index in [1.807, 2.05) is 0 Å². The van der Waals surface area contributed by atoms with Gasteiger partial charge in [-0.25, -0.2) is 4.79 Å². The Morgan fingerprint density at radius 2 is 2.00 bits per heavy atom. The summed E-state index contributed by atoms with van der Waals surface area (Å²) in [5.41, 5.74) is 1.49. The number of aliphatic carboxylic acids is 1. The maximum Gasteiger partial charge on any atom is 0.328 e. The minimum Gasteiger partial charge on any atom is -0.478 e. The fourth-order valence-corrected chi connectivity index (χ4v) is 2.35. The summed E-state index contributed by atoms with van der Waals surface area (Å²) in [6.45, 7) is 1.70. The molecule has 0 aromatic rings. The zero-order chi connectivity index (χ0) is 9.31. The van der Waals surface area contributed by atoms with Crippen molar-refractivity contribution in [3.8, 4) is 0 Å². The first kappa shape index (κ1) is 8.75. The first-order valence-corrected chi connectivity index (χ1v) is 4.70. The molecule has 0 aromatic carbocycles. The number of carboxylic acid groups (broad SMARTS) is 1. The lowest BCUT2D eigenvalue weighted by Crippen LogP contribution is -2.37. The van der Waals surface area contributed by atoms with Crippen LogP contribution in [0.4, 0.5) is 0 Å². The molecule has 2 fully saturated rings. The Kier molecular flexibility index (Phi) is 2.12. The van der Waals surface area contributed by atoms with Crippen molar-refractivity contribution < 1.29 is 14.6 Å². The van der Waals surface area contributed by atoms with Gasteiger partial charge < -0.3 is 9.84 Å². The first-order valence-electron chi connectivity index (χ1n) is 4.70. The third kappa shape index (κ3) is 1.75. The summed E-state index contributed by atoms with van der Waals surface area (Å²) in [5, 5.41) is 8.53. The minimum absolute atomic E-state index is 0.402. The van der Waals surface area contributed by atoms with Crippen LogP contribution in [0.2, 0.25) is 0 Å². The van der Waals surface area contributed by atoms with E-state index in [0.717, 1.165) is 44.5 Å². The van der Waals surface area contributed by atoms with E-state index < -0.39 is 5.97 Å². The third-order valence-corrected chi connectivity index (χ3v) is 3.09. The Labute approximate surface area is 77.4 Å². The van der Waals surface area contributed by atoms with E-state index in [4.69, 9.17) is 9.84 Å². The molecule has 1 heterocycles. The van der Waals surface area contributed by atoms with Crippen molar-refractivity contribution in [2.75, 3.05) is 13.2 Å². The van der Waals surface area contributed by atoms with Gasteiger partial charge in [0.2, 0.25) is 0 Å². The monoisotopic (exact) mass is 182 g/mol. The fraction of sp³-hybridized carbons (Fsp3) is 0.700. The van der Waals surface area contributed by atoms with Crippen molar-refractivity contribution in [3.63, 3.8) is 0 Å². The Hall–Kier alpha value is -0.830. The van der Waals surface area contributed by atoms with E-state index >= 15 is 0 Å². The second kappa shape index (κ2) is 3.14. The highest BCUT2D eigenvalue weighted by molar-refractivity contribution is 5.81. The summed E-state index contributed by atoms with van der Waals surface area (Å²) in [6, 6.07) is 0. The summed E-state index contributed by atoms with van der Waals surface area (Å²) in [6.07, 6.45) is 5.51. The highest BCUT2D eigenvalue weighted by atomic mass is 16.5. The summed E-state index contributed by atoms with van der Waals surface area (Å²) >= 11 is 0. The number of rotatable bonds is 1. The van der Waals surface area contributed by atoms with E-state index in [1.54, 1.807) is 0 Å². The van der Waals surface area contributed by atoms with Crippen LogP contribution in [0.1, 0.15) is 25.7 Å². The highest BCUT2D eigenvalue weighted by Gasteiger charge is 2.41. The molecule has 1 saturated heterocycles. The molecular weight excluding hydrogens is 168 g/mol. The molecule has 0 radical (unpaired) electrons. The standard InChI is InChI=1S/C10H14O3/c11-9(12)5-8-6-10(7-8)1-3-13-4-2-10/h5H,1-4,6-7H2,(H,11,12). The average Bonchev–Trinajstić information content (AvgIpc) is 2.02. The SMILES string of the molecule is O=C(O)C=C1CC2(CCOCC2)C1. The topological polar surface area (TPSA) is 46.5 Å². The fourth-order valence-electron chi connectivity index (χ4n) is 2.35. The lowest BCUT2D eigenvalue weighted by Gasteiger charge is -2.46. The smallest absolute Gasteiger partial charge is 0.328 e. The maximum absolute atomic E-state index is 10.4. The van der Waals surface area contributed by atoms with Gasteiger partial charge in [0.1, 0.15) is 0 Å². The maximum atomic E-state index is 10.4. The molecule has 0 bridgehead atoms. The lowest BCUT2D eigenvalue weighted by atomic mass is 9.61. The molecule has 1 saturated carbocycles. The van der Waals surface area contributed by atoms with Crippen molar-refractivity contribution in [3.05, 3.63) is 11.6 Å². The summed E-state index contributed by atoms with van der Waals surface area (Å²) in [5.74, 6) is -0.808. The Balaban J connectivity index is 1.91. The Morgan fingerprint density at radius 3 is 2.54 bits per heavy atom. The molecule has 1 aliphatic carbocycles. The Morgan fingerprint density at radius 1 is 1.38 bits per heavy atom. The van der Waals surface area contributed by atoms with Crippen LogP contribution in [0.15, 0.2) is 11.6 Å². The number of allylic oxidation sites excluding steroid dienone is 1. The number of hydrogen-bond donors (Lipinski definition) is 1. The normalized spacial score (nSPS) is 25.4. The molecular formula is C10H14O3. The quantitative estimate of drug-likeness (QED) is 0.626. The van der Waals surface area contributed by atoms with Gasteiger partial charge in [-0.05, 0) is 31.1 Å². The predicted octanol–water partition coefficient (Wildman–Crippen LogP) is 1.59. The zero-order valence-electron chi connectivity index (χ0n) is 7.58. The molecule has 72 valence electrons. The second-order valence-electron chi connectivity index (χ2n) is 4.11. The van der Waals surface area contributed by atoms with Gasteiger partial charge in [-0.1, -0.05) is 5.57 Å². The van der Waals surface area contributed by atoms with Gasteiger partial charge in [-0.2, -0.15) is 0 Å². The van der Waals surface area contributed by atoms with Gasteiger partial charge in [0.25, 0.3) is 0 Å². The van der Waals surface area contributed by atoms with Crippen LogP contribution >= 0.6 is 0 Å². The van der Waals surface area contributed by atoms with Crippen molar-refractivity contribution >= 4 is 5.97 Å². The molecule has 0 atom stereocenters. The molecule has 0 aromatic heterocycles. The van der Waals surface area contributed by atoms with E-state index in [9.17, 15) is 4.79 Å². The molecule has 1 aliphatic heterocycles. The summed E-state index contributed by atoms with van der Waals surface area (Å²) in [7, 11) is 0. The van der Waals surface area contributed by atoms with Crippen molar-refractivity contribution in [1.82, 2.24) is 0 Å². The van der Waals surface area contributed by atoms with Gasteiger partial charge >= 0.3 is 5.97 Å². The molecule has 0 unspecified atom stereocenters. The zero-order valence-corrected chi connectivity index (χ0v) is 7.58. The summed E-state index contributed by atoms with van der Waals surface area (Å²) in [4.78, 5) is 10.4. The molecule has 0 amide bonds. The molecule has 13 heavy (non-hydrogen) atoms. The van der Waals surface area contributed by atoms with Crippen LogP contribution in [0.25, 0.3) is 0 Å². The number of ether oxygens (including phenoxy) is 1.